The maximum absolute atomic E-state index is 13.3. The second-order valence-electron chi connectivity index (χ2n) is 7.91. The molecule has 0 saturated carbocycles. The highest BCUT2D eigenvalue weighted by Crippen LogP contribution is 2.36. The predicted octanol–water partition coefficient (Wildman–Crippen LogP) is 3.97. The molecule has 1 aromatic heterocycles. The van der Waals surface area contributed by atoms with Gasteiger partial charge in [0.2, 0.25) is 5.76 Å². The van der Waals surface area contributed by atoms with Crippen molar-refractivity contribution in [2.75, 3.05) is 19.7 Å². The molecule has 1 aromatic carbocycles. The fourth-order valence-corrected chi connectivity index (χ4v) is 3.78. The van der Waals surface area contributed by atoms with Gasteiger partial charge in [-0.05, 0) is 49.8 Å². The van der Waals surface area contributed by atoms with Crippen LogP contribution in [0.15, 0.2) is 34.9 Å². The Hall–Kier alpha value is -2.70. The maximum atomic E-state index is 13.3. The molecular weight excluding hydrogens is 375 g/mol. The summed E-state index contributed by atoms with van der Waals surface area (Å²) in [5.41, 5.74) is 0.673. The van der Waals surface area contributed by atoms with Crippen LogP contribution in [-0.4, -0.2) is 41.6 Å². The van der Waals surface area contributed by atoms with Gasteiger partial charge in [0, 0.05) is 19.2 Å². The van der Waals surface area contributed by atoms with Gasteiger partial charge in [-0.2, -0.15) is 0 Å². The summed E-state index contributed by atoms with van der Waals surface area (Å²) in [4.78, 5) is 27.5. The summed E-state index contributed by atoms with van der Waals surface area (Å²) in [6.07, 6.45) is 1.64. The molecule has 1 fully saturated rings. The average molecular weight is 402 g/mol. The van der Waals surface area contributed by atoms with Gasteiger partial charge in [-0.3, -0.25) is 9.59 Å². The average Bonchev–Trinajstić information content (AvgIpc) is 3.20. The SMILES string of the molecule is CCOC(=O)C1(Cc2ccc(F)cc2)CCCN(C(=O)c2cc(C(C)C)no2)C1. The number of aromatic nitrogens is 1. The van der Waals surface area contributed by atoms with Crippen molar-refractivity contribution in [1.82, 2.24) is 10.1 Å². The first-order valence-electron chi connectivity index (χ1n) is 10.0. The number of nitrogens with zero attached hydrogens (tertiary/aromatic N) is 2. The number of likely N-dealkylation sites (tertiary alicyclic amines) is 1. The molecule has 1 amide bonds. The third-order valence-electron chi connectivity index (χ3n) is 5.36. The Balaban J connectivity index is 1.85. The van der Waals surface area contributed by atoms with Crippen LogP contribution >= 0.6 is 0 Å². The van der Waals surface area contributed by atoms with Crippen LogP contribution in [0.4, 0.5) is 4.39 Å². The smallest absolute Gasteiger partial charge is 0.314 e. The molecule has 1 aliphatic rings. The van der Waals surface area contributed by atoms with E-state index < -0.39 is 5.41 Å². The molecular formula is C22H27FN2O4. The van der Waals surface area contributed by atoms with Crippen LogP contribution in [0.1, 0.15) is 61.3 Å². The van der Waals surface area contributed by atoms with Gasteiger partial charge >= 0.3 is 5.97 Å². The molecule has 0 N–H and O–H groups in total. The second-order valence-corrected chi connectivity index (χ2v) is 7.91. The Bertz CT molecular complexity index is 862. The first-order chi connectivity index (χ1) is 13.8. The van der Waals surface area contributed by atoms with E-state index in [1.54, 1.807) is 30.0 Å². The van der Waals surface area contributed by atoms with E-state index in [1.807, 2.05) is 13.8 Å². The zero-order chi connectivity index (χ0) is 21.0. The monoisotopic (exact) mass is 402 g/mol. The van der Waals surface area contributed by atoms with E-state index in [4.69, 9.17) is 9.26 Å². The van der Waals surface area contributed by atoms with Crippen LogP contribution in [0.2, 0.25) is 0 Å². The van der Waals surface area contributed by atoms with E-state index in [9.17, 15) is 14.0 Å². The highest BCUT2D eigenvalue weighted by atomic mass is 19.1. The van der Waals surface area contributed by atoms with Crippen molar-refractivity contribution in [1.29, 1.82) is 0 Å². The summed E-state index contributed by atoms with van der Waals surface area (Å²) in [5.74, 6) is -0.612. The molecule has 3 rings (SSSR count). The Morgan fingerprint density at radius 1 is 1.31 bits per heavy atom. The lowest BCUT2D eigenvalue weighted by Crippen LogP contribution is -2.51. The molecule has 0 aliphatic carbocycles. The Labute approximate surface area is 170 Å². The molecule has 1 atom stereocenters. The summed E-state index contributed by atoms with van der Waals surface area (Å²) >= 11 is 0. The number of benzene rings is 1. The van der Waals surface area contributed by atoms with E-state index in [1.165, 1.54) is 12.1 Å². The lowest BCUT2D eigenvalue weighted by molar-refractivity contribution is -0.158. The Morgan fingerprint density at radius 3 is 2.66 bits per heavy atom. The number of carbonyl (C=O) groups is 2. The lowest BCUT2D eigenvalue weighted by Gasteiger charge is -2.40. The van der Waals surface area contributed by atoms with Crippen LogP contribution in [0.5, 0.6) is 0 Å². The number of amides is 1. The van der Waals surface area contributed by atoms with Crippen molar-refractivity contribution < 1.29 is 23.2 Å². The highest BCUT2D eigenvalue weighted by Gasteiger charge is 2.45. The molecule has 2 heterocycles. The third kappa shape index (κ3) is 4.66. The molecule has 1 saturated heterocycles. The van der Waals surface area contributed by atoms with Gasteiger partial charge in [0.15, 0.2) is 0 Å². The van der Waals surface area contributed by atoms with Crippen molar-refractivity contribution >= 4 is 11.9 Å². The van der Waals surface area contributed by atoms with Gasteiger partial charge < -0.3 is 14.2 Å². The molecule has 1 aliphatic heterocycles. The molecule has 7 heteroatoms. The van der Waals surface area contributed by atoms with Gasteiger partial charge in [0.25, 0.3) is 5.91 Å². The third-order valence-corrected chi connectivity index (χ3v) is 5.36. The van der Waals surface area contributed by atoms with Crippen molar-refractivity contribution in [3.05, 3.63) is 53.2 Å². The minimum atomic E-state index is -0.872. The van der Waals surface area contributed by atoms with Crippen LogP contribution in [0, 0.1) is 11.2 Å². The zero-order valence-electron chi connectivity index (χ0n) is 17.1. The molecule has 1 unspecified atom stereocenters. The van der Waals surface area contributed by atoms with E-state index in [0.29, 0.717) is 31.5 Å². The molecule has 0 spiro atoms. The quantitative estimate of drug-likeness (QED) is 0.684. The van der Waals surface area contributed by atoms with Crippen LogP contribution < -0.4 is 0 Å². The molecule has 0 radical (unpaired) electrons. The summed E-state index contributed by atoms with van der Waals surface area (Å²) in [6, 6.07) is 7.75. The first kappa shape index (κ1) is 21.0. The normalized spacial score (nSPS) is 19.4. The number of piperidine rings is 1. The molecule has 156 valence electrons. The number of ether oxygens (including phenoxy) is 1. The number of esters is 1. The zero-order valence-corrected chi connectivity index (χ0v) is 17.1. The topological polar surface area (TPSA) is 72.6 Å². The van der Waals surface area contributed by atoms with Gasteiger partial charge in [0.1, 0.15) is 5.82 Å². The fourth-order valence-electron chi connectivity index (χ4n) is 3.78. The minimum Gasteiger partial charge on any atom is -0.466 e. The maximum Gasteiger partial charge on any atom is 0.314 e. The van der Waals surface area contributed by atoms with Gasteiger partial charge in [-0.1, -0.05) is 31.1 Å². The second kappa shape index (κ2) is 8.76. The van der Waals surface area contributed by atoms with Crippen molar-refractivity contribution in [3.63, 3.8) is 0 Å². The van der Waals surface area contributed by atoms with Crippen LogP contribution in [-0.2, 0) is 16.0 Å². The van der Waals surface area contributed by atoms with E-state index >= 15 is 0 Å². The summed E-state index contributed by atoms with van der Waals surface area (Å²) in [6.45, 7) is 6.72. The summed E-state index contributed by atoms with van der Waals surface area (Å²) < 4.78 is 23.9. The highest BCUT2D eigenvalue weighted by molar-refractivity contribution is 5.92. The van der Waals surface area contributed by atoms with E-state index in [-0.39, 0.29) is 42.5 Å². The molecule has 2 aromatic rings. The van der Waals surface area contributed by atoms with E-state index in [0.717, 1.165) is 5.56 Å². The van der Waals surface area contributed by atoms with Gasteiger partial charge in [0.05, 0.1) is 17.7 Å². The molecule has 29 heavy (non-hydrogen) atoms. The van der Waals surface area contributed by atoms with E-state index in [2.05, 4.69) is 5.16 Å². The number of carbonyl (C=O) groups excluding carboxylic acids is 2. The Morgan fingerprint density at radius 2 is 2.03 bits per heavy atom. The molecule has 0 bridgehead atoms. The van der Waals surface area contributed by atoms with Gasteiger partial charge in [-0.25, -0.2) is 4.39 Å². The van der Waals surface area contributed by atoms with Gasteiger partial charge in [-0.15, -0.1) is 0 Å². The van der Waals surface area contributed by atoms with Crippen molar-refractivity contribution in [2.24, 2.45) is 5.41 Å². The number of hydrogen-bond acceptors (Lipinski definition) is 5. The van der Waals surface area contributed by atoms with Crippen LogP contribution in [0.3, 0.4) is 0 Å². The van der Waals surface area contributed by atoms with Crippen LogP contribution in [0.25, 0.3) is 0 Å². The number of halogens is 1. The lowest BCUT2D eigenvalue weighted by atomic mass is 9.75. The number of rotatable bonds is 6. The summed E-state index contributed by atoms with van der Waals surface area (Å²) in [7, 11) is 0. The fraction of sp³-hybridized carbons (Fsp3) is 0.500. The first-order valence-corrected chi connectivity index (χ1v) is 10.0. The largest absolute Gasteiger partial charge is 0.466 e. The Kier molecular flexibility index (Phi) is 6.35. The van der Waals surface area contributed by atoms with Crippen molar-refractivity contribution in [2.45, 2.75) is 46.0 Å². The molecule has 6 nitrogen and oxygen atoms in total. The van der Waals surface area contributed by atoms with Crippen molar-refractivity contribution in [3.8, 4) is 0 Å². The number of hydrogen-bond donors (Lipinski definition) is 0. The minimum absolute atomic E-state index is 0.152. The standard InChI is InChI=1S/C22H27FN2O4/c1-4-28-21(27)22(13-16-6-8-17(23)9-7-16)10-5-11-25(14-22)20(26)19-12-18(15(2)3)24-29-19/h6-9,12,15H,4-5,10-11,13-14H2,1-3H3. The summed E-state index contributed by atoms with van der Waals surface area (Å²) in [5, 5.41) is 3.96. The predicted molar refractivity (Wildman–Crippen MR) is 105 cm³/mol.